The molecule has 0 N–H and O–H groups in total. The third-order valence-electron chi connectivity index (χ3n) is 2.56. The van der Waals surface area contributed by atoms with Crippen LogP contribution in [0.5, 0.6) is 5.75 Å². The zero-order valence-corrected chi connectivity index (χ0v) is 10.1. The van der Waals surface area contributed by atoms with Crippen LogP contribution in [0.15, 0.2) is 35.5 Å². The van der Waals surface area contributed by atoms with Gasteiger partial charge in [-0.15, -0.1) is 0 Å². The summed E-state index contributed by atoms with van der Waals surface area (Å²) in [6.07, 6.45) is 5.10. The van der Waals surface area contributed by atoms with E-state index in [0.717, 1.165) is 0 Å². The summed E-state index contributed by atoms with van der Waals surface area (Å²) in [4.78, 5) is 20.0. The molecule has 0 amide bonds. The molecule has 6 nitrogen and oxygen atoms in total. The largest absolute Gasteiger partial charge is 0.378 e. The maximum Gasteiger partial charge on any atom is 0.272 e. The van der Waals surface area contributed by atoms with Gasteiger partial charge in [-0.1, -0.05) is 0 Å². The number of nitro groups is 1. The van der Waals surface area contributed by atoms with Gasteiger partial charge in [-0.25, -0.2) is 0 Å². The number of rotatable bonds is 3. The predicted molar refractivity (Wildman–Crippen MR) is 67.4 cm³/mol. The summed E-state index contributed by atoms with van der Waals surface area (Å²) >= 11 is 0. The van der Waals surface area contributed by atoms with Gasteiger partial charge in [0.05, 0.1) is 4.92 Å². The number of benzene rings is 1. The number of aryl methyl sites for hydroxylation is 1. The van der Waals surface area contributed by atoms with Crippen molar-refractivity contribution in [3.8, 4) is 5.75 Å². The summed E-state index contributed by atoms with van der Waals surface area (Å²) in [5, 5.41) is 12.3. The summed E-state index contributed by atoms with van der Waals surface area (Å²) in [5.74, 6) is 0.548. The molecule has 94 valence electrons. The second kappa shape index (κ2) is 4.87. The smallest absolute Gasteiger partial charge is 0.272 e. The van der Waals surface area contributed by atoms with Crippen molar-refractivity contribution in [2.45, 2.75) is 20.0 Å². The Morgan fingerprint density at radius 1 is 1.50 bits per heavy atom. The van der Waals surface area contributed by atoms with Crippen molar-refractivity contribution in [1.29, 1.82) is 0 Å². The average Bonchev–Trinajstić information content (AvgIpc) is 2.32. The molecule has 0 spiro atoms. The van der Waals surface area contributed by atoms with Crippen LogP contribution in [0.4, 0.5) is 5.69 Å². The second-order valence-corrected chi connectivity index (χ2v) is 3.93. The maximum atomic E-state index is 10.7. The predicted octanol–water partition coefficient (Wildman–Crippen LogP) is 2.44. The molecular weight excluding hydrogens is 234 g/mol. The number of hydrogen-bond donors (Lipinski definition) is 0. The van der Waals surface area contributed by atoms with Gasteiger partial charge in [-0.3, -0.25) is 15.1 Å². The quantitative estimate of drug-likeness (QED) is 0.607. The van der Waals surface area contributed by atoms with Crippen molar-refractivity contribution in [2.24, 2.45) is 4.99 Å². The number of hydrogen-bond acceptors (Lipinski definition) is 5. The van der Waals surface area contributed by atoms with E-state index in [4.69, 9.17) is 4.84 Å². The van der Waals surface area contributed by atoms with Crippen LogP contribution >= 0.6 is 0 Å². The van der Waals surface area contributed by atoms with Crippen molar-refractivity contribution in [3.05, 3.63) is 46.2 Å². The summed E-state index contributed by atoms with van der Waals surface area (Å²) in [7, 11) is 0. The Balaban J connectivity index is 2.15. The highest BCUT2D eigenvalue weighted by Gasteiger charge is 2.15. The van der Waals surface area contributed by atoms with Gasteiger partial charge in [-0.2, -0.15) is 5.06 Å². The summed E-state index contributed by atoms with van der Waals surface area (Å²) in [6, 6.07) is 4.65. The summed E-state index contributed by atoms with van der Waals surface area (Å²) in [5.41, 5.74) is 0.650. The summed E-state index contributed by atoms with van der Waals surface area (Å²) < 4.78 is 0. The highest BCUT2D eigenvalue weighted by atomic mass is 16.7. The van der Waals surface area contributed by atoms with E-state index in [1.807, 2.05) is 6.92 Å². The highest BCUT2D eigenvalue weighted by Crippen LogP contribution is 2.24. The van der Waals surface area contributed by atoms with Gasteiger partial charge in [0.15, 0.2) is 11.9 Å². The van der Waals surface area contributed by atoms with Crippen LogP contribution in [0.2, 0.25) is 0 Å². The molecule has 1 aromatic rings. The lowest BCUT2D eigenvalue weighted by Crippen LogP contribution is -2.31. The molecule has 1 aliphatic heterocycles. The lowest BCUT2D eigenvalue weighted by atomic mass is 10.2. The first kappa shape index (κ1) is 12.1. The third kappa shape index (κ3) is 2.48. The Morgan fingerprint density at radius 2 is 2.28 bits per heavy atom. The van der Waals surface area contributed by atoms with Gasteiger partial charge in [-0.05, 0) is 32.1 Å². The van der Waals surface area contributed by atoms with E-state index in [1.165, 1.54) is 6.07 Å². The van der Waals surface area contributed by atoms with E-state index in [2.05, 4.69) is 4.99 Å². The van der Waals surface area contributed by atoms with Crippen molar-refractivity contribution >= 4 is 11.9 Å². The van der Waals surface area contributed by atoms with Gasteiger partial charge in [0.2, 0.25) is 0 Å². The van der Waals surface area contributed by atoms with Gasteiger partial charge in [0, 0.05) is 24.0 Å². The zero-order valence-electron chi connectivity index (χ0n) is 10.1. The minimum atomic E-state index is -0.410. The normalized spacial score (nSPS) is 17.9. The van der Waals surface area contributed by atoms with E-state index in [0.29, 0.717) is 11.3 Å². The monoisotopic (exact) mass is 247 g/mol. The lowest BCUT2D eigenvalue weighted by molar-refractivity contribution is -0.385. The number of nitro benzene ring substituents is 1. The topological polar surface area (TPSA) is 68.0 Å². The van der Waals surface area contributed by atoms with Crippen LogP contribution in [0.1, 0.15) is 12.5 Å². The first-order valence-electron chi connectivity index (χ1n) is 5.49. The van der Waals surface area contributed by atoms with Crippen LogP contribution in [0.25, 0.3) is 0 Å². The lowest BCUT2D eigenvalue weighted by Gasteiger charge is -2.25. The molecule has 0 aromatic heterocycles. The molecule has 0 saturated carbocycles. The Kier molecular flexibility index (Phi) is 3.27. The molecule has 2 rings (SSSR count). The van der Waals surface area contributed by atoms with E-state index in [-0.39, 0.29) is 11.9 Å². The van der Waals surface area contributed by atoms with E-state index < -0.39 is 4.92 Å². The Morgan fingerprint density at radius 3 is 2.89 bits per heavy atom. The van der Waals surface area contributed by atoms with Crippen molar-refractivity contribution in [2.75, 3.05) is 0 Å². The minimum absolute atomic E-state index is 0.0857. The number of allylic oxidation sites excluding steroid dienone is 1. The molecular formula is C12H13N3O3. The molecule has 0 fully saturated rings. The van der Waals surface area contributed by atoms with Crippen LogP contribution in [0.3, 0.4) is 0 Å². The highest BCUT2D eigenvalue weighted by molar-refractivity contribution is 5.71. The van der Waals surface area contributed by atoms with E-state index in [1.54, 1.807) is 42.6 Å². The first-order valence-corrected chi connectivity index (χ1v) is 5.49. The molecule has 1 heterocycles. The van der Waals surface area contributed by atoms with Crippen molar-refractivity contribution in [3.63, 3.8) is 0 Å². The van der Waals surface area contributed by atoms with Gasteiger partial charge in [0.1, 0.15) is 0 Å². The fraction of sp³-hybridized carbons (Fsp3) is 0.250. The molecule has 0 aliphatic carbocycles. The Hall–Kier alpha value is -2.37. The molecule has 6 heteroatoms. The van der Waals surface area contributed by atoms with Gasteiger partial charge >= 0.3 is 0 Å². The fourth-order valence-corrected chi connectivity index (χ4v) is 1.61. The van der Waals surface area contributed by atoms with Gasteiger partial charge < -0.3 is 4.84 Å². The molecule has 1 atom stereocenters. The molecule has 0 bridgehead atoms. The number of aliphatic imine (C=N–C) groups is 1. The standard InChI is InChI=1S/C12H13N3O3/c1-9-8-11(4-5-12(9)15(16)17)18-14-7-3-6-13-10(14)2/h3-8,10H,1-2H3. The first-order chi connectivity index (χ1) is 8.58. The molecule has 1 aromatic carbocycles. The van der Waals surface area contributed by atoms with Crippen LogP contribution in [-0.2, 0) is 0 Å². The third-order valence-corrected chi connectivity index (χ3v) is 2.56. The number of hydroxylamine groups is 2. The summed E-state index contributed by atoms with van der Waals surface area (Å²) in [6.45, 7) is 3.57. The SMILES string of the molecule is Cc1cc(ON2C=CC=NC2C)ccc1[N+](=O)[O-]. The number of nitrogens with zero attached hydrogens (tertiary/aromatic N) is 3. The Labute approximate surface area is 104 Å². The maximum absolute atomic E-state index is 10.7. The zero-order chi connectivity index (χ0) is 13.1. The van der Waals surface area contributed by atoms with Crippen LogP contribution in [0, 0.1) is 17.0 Å². The second-order valence-electron chi connectivity index (χ2n) is 3.93. The van der Waals surface area contributed by atoms with Crippen LogP contribution < -0.4 is 4.84 Å². The van der Waals surface area contributed by atoms with E-state index >= 15 is 0 Å². The average molecular weight is 247 g/mol. The van der Waals surface area contributed by atoms with Crippen LogP contribution in [-0.4, -0.2) is 22.4 Å². The molecule has 18 heavy (non-hydrogen) atoms. The molecule has 0 radical (unpaired) electrons. The molecule has 1 aliphatic rings. The van der Waals surface area contributed by atoms with Gasteiger partial charge in [0.25, 0.3) is 5.69 Å². The van der Waals surface area contributed by atoms with E-state index in [9.17, 15) is 10.1 Å². The Bertz CT molecular complexity index is 525. The fourth-order valence-electron chi connectivity index (χ4n) is 1.61. The molecule has 0 saturated heterocycles. The molecule has 1 unspecified atom stereocenters. The van der Waals surface area contributed by atoms with Crippen molar-refractivity contribution < 1.29 is 9.76 Å². The minimum Gasteiger partial charge on any atom is -0.378 e. The van der Waals surface area contributed by atoms with Crippen molar-refractivity contribution in [1.82, 2.24) is 5.06 Å².